The number of aryl methyl sites for hydroxylation is 1. The van der Waals surface area contributed by atoms with Crippen molar-refractivity contribution in [3.8, 4) is 0 Å². The van der Waals surface area contributed by atoms with E-state index in [4.69, 9.17) is 16.3 Å². The molecular formula is C18H18ClN3O3. The maximum absolute atomic E-state index is 12.7. The molecule has 130 valence electrons. The summed E-state index contributed by atoms with van der Waals surface area (Å²) in [5, 5.41) is 0.508. The lowest BCUT2D eigenvalue weighted by molar-refractivity contribution is -0.152. The van der Waals surface area contributed by atoms with E-state index in [2.05, 4.69) is 4.99 Å². The second kappa shape index (κ2) is 6.37. The number of ether oxygens (including phenoxy) is 1. The molecule has 25 heavy (non-hydrogen) atoms. The van der Waals surface area contributed by atoms with Gasteiger partial charge in [-0.15, -0.1) is 0 Å². The summed E-state index contributed by atoms with van der Waals surface area (Å²) in [6.07, 6.45) is 0.608. The fourth-order valence-corrected chi connectivity index (χ4v) is 3.09. The van der Waals surface area contributed by atoms with Crippen LogP contribution in [0.3, 0.4) is 0 Å². The van der Waals surface area contributed by atoms with E-state index < -0.39 is 18.1 Å². The number of fused-ring (bicyclic) bond motifs is 1. The first-order chi connectivity index (χ1) is 11.8. The molecule has 0 radical (unpaired) electrons. The van der Waals surface area contributed by atoms with Gasteiger partial charge < -0.3 is 14.2 Å². The van der Waals surface area contributed by atoms with Crippen LogP contribution in [-0.4, -0.2) is 35.4 Å². The molecule has 0 spiro atoms. The van der Waals surface area contributed by atoms with Crippen LogP contribution in [0.4, 0.5) is 5.69 Å². The smallest absolute Gasteiger partial charge is 0.305 e. The number of esters is 1. The van der Waals surface area contributed by atoms with E-state index >= 15 is 0 Å². The number of carbonyl (C=O) groups excluding carboxylic acids is 2. The Morgan fingerprint density at radius 1 is 1.28 bits per heavy atom. The molecule has 0 saturated heterocycles. The van der Waals surface area contributed by atoms with E-state index in [1.54, 1.807) is 13.1 Å². The van der Waals surface area contributed by atoms with Crippen LogP contribution < -0.4 is 4.90 Å². The van der Waals surface area contributed by atoms with E-state index in [1.165, 1.54) is 11.8 Å². The number of carbonyl (C=O) groups is 2. The molecule has 1 atom stereocenters. The lowest BCUT2D eigenvalue weighted by Crippen LogP contribution is -2.37. The van der Waals surface area contributed by atoms with Crippen molar-refractivity contribution >= 4 is 34.9 Å². The lowest BCUT2D eigenvalue weighted by atomic mass is 10.0. The number of aromatic nitrogens is 1. The number of halogens is 1. The summed E-state index contributed by atoms with van der Waals surface area (Å²) in [5.41, 5.74) is 3.62. The number of benzene rings is 1. The van der Waals surface area contributed by atoms with Crippen LogP contribution in [0.5, 0.6) is 0 Å². The van der Waals surface area contributed by atoms with Gasteiger partial charge in [-0.25, -0.2) is 4.99 Å². The van der Waals surface area contributed by atoms with Crippen molar-refractivity contribution in [2.75, 3.05) is 11.9 Å². The summed E-state index contributed by atoms with van der Waals surface area (Å²) < 4.78 is 7.07. The highest BCUT2D eigenvalue weighted by Crippen LogP contribution is 2.33. The quantitative estimate of drug-likeness (QED) is 0.774. The molecule has 0 aliphatic carbocycles. The van der Waals surface area contributed by atoms with Gasteiger partial charge in [0.1, 0.15) is 0 Å². The molecule has 0 bridgehead atoms. The molecule has 1 aliphatic heterocycles. The number of aliphatic imine (C=N–C) groups is 1. The van der Waals surface area contributed by atoms with E-state index in [1.807, 2.05) is 42.9 Å². The van der Waals surface area contributed by atoms with Crippen LogP contribution in [0.25, 0.3) is 0 Å². The van der Waals surface area contributed by atoms with E-state index in [0.717, 1.165) is 11.3 Å². The molecule has 6 nitrogen and oxygen atoms in total. The monoisotopic (exact) mass is 359 g/mol. The predicted octanol–water partition coefficient (Wildman–Crippen LogP) is 2.69. The zero-order chi connectivity index (χ0) is 18.3. The first kappa shape index (κ1) is 17.2. The van der Waals surface area contributed by atoms with Gasteiger partial charge in [0.05, 0.1) is 11.4 Å². The molecule has 2 heterocycles. The Bertz CT molecular complexity index is 901. The molecule has 0 N–H and O–H groups in total. The van der Waals surface area contributed by atoms with Crippen LogP contribution in [-0.2, 0) is 21.4 Å². The van der Waals surface area contributed by atoms with E-state index in [-0.39, 0.29) is 0 Å². The molecule has 2 aromatic rings. The Kier molecular flexibility index (Phi) is 4.39. The molecule has 0 fully saturated rings. The van der Waals surface area contributed by atoms with Gasteiger partial charge in [-0.05, 0) is 13.0 Å². The van der Waals surface area contributed by atoms with Crippen molar-refractivity contribution in [1.82, 2.24) is 4.57 Å². The first-order valence-corrected chi connectivity index (χ1v) is 8.12. The van der Waals surface area contributed by atoms with Crippen LogP contribution in [0.1, 0.15) is 23.7 Å². The van der Waals surface area contributed by atoms with Gasteiger partial charge in [-0.2, -0.15) is 0 Å². The minimum atomic E-state index is -1.24. The van der Waals surface area contributed by atoms with Gasteiger partial charge in [0, 0.05) is 49.1 Å². The molecule has 1 aliphatic rings. The highest BCUT2D eigenvalue weighted by Gasteiger charge is 2.34. The molecule has 3 rings (SSSR count). The second-order valence-corrected chi connectivity index (χ2v) is 6.31. The molecular weight excluding hydrogens is 342 g/mol. The van der Waals surface area contributed by atoms with E-state index in [9.17, 15) is 9.59 Å². The maximum atomic E-state index is 12.7. The number of hydrogen-bond donors (Lipinski definition) is 0. The fourth-order valence-electron chi connectivity index (χ4n) is 2.87. The zero-order valence-corrected chi connectivity index (χ0v) is 15.2. The number of hydrogen-bond acceptors (Lipinski definition) is 4. The van der Waals surface area contributed by atoms with Crippen LogP contribution >= 0.6 is 11.6 Å². The van der Waals surface area contributed by atoms with Crippen LogP contribution in [0, 0.1) is 6.92 Å². The molecule has 7 heteroatoms. The second-order valence-electron chi connectivity index (χ2n) is 5.90. The topological polar surface area (TPSA) is 63.9 Å². The highest BCUT2D eigenvalue weighted by atomic mass is 35.5. The number of nitrogens with zero attached hydrogens (tertiary/aromatic N) is 3. The third-order valence-corrected chi connectivity index (χ3v) is 4.59. The average Bonchev–Trinajstić information content (AvgIpc) is 2.81. The van der Waals surface area contributed by atoms with Gasteiger partial charge in [0.25, 0.3) is 12.1 Å². The highest BCUT2D eigenvalue weighted by molar-refractivity contribution is 6.36. The summed E-state index contributed by atoms with van der Waals surface area (Å²) in [6, 6.07) is 7.26. The number of amides is 1. The minimum absolute atomic E-state index is 0.413. The molecule has 1 amide bonds. The Labute approximate surface area is 150 Å². The van der Waals surface area contributed by atoms with Gasteiger partial charge in [-0.3, -0.25) is 9.59 Å². The van der Waals surface area contributed by atoms with Crippen molar-refractivity contribution in [3.63, 3.8) is 0 Å². The standard InChI is InChI=1S/C18H18ClN3O3/c1-10-15-14(9-21(10)3)22(4)18(24)17(25-11(2)23)20-16(15)12-7-5-6-8-13(12)19/h5-9,17H,1-4H3. The number of likely N-dealkylation sites (N-methyl/N-ethyl adjacent to an activating group) is 1. The van der Waals surface area contributed by atoms with Crippen molar-refractivity contribution < 1.29 is 14.3 Å². The predicted molar refractivity (Wildman–Crippen MR) is 96.2 cm³/mol. The molecule has 1 aromatic carbocycles. The van der Waals surface area contributed by atoms with Crippen LogP contribution in [0.15, 0.2) is 35.5 Å². The zero-order valence-electron chi connectivity index (χ0n) is 14.4. The summed E-state index contributed by atoms with van der Waals surface area (Å²) in [4.78, 5) is 30.1. The van der Waals surface area contributed by atoms with Crippen molar-refractivity contribution in [3.05, 3.63) is 52.3 Å². The van der Waals surface area contributed by atoms with Crippen LogP contribution in [0.2, 0.25) is 5.02 Å². The average molecular weight is 360 g/mol. The van der Waals surface area contributed by atoms with Crippen molar-refractivity contribution in [1.29, 1.82) is 0 Å². The van der Waals surface area contributed by atoms with E-state index in [0.29, 0.717) is 22.0 Å². The largest absolute Gasteiger partial charge is 0.430 e. The van der Waals surface area contributed by atoms with Gasteiger partial charge in [0.15, 0.2) is 0 Å². The lowest BCUT2D eigenvalue weighted by Gasteiger charge is -2.18. The third kappa shape index (κ3) is 2.93. The molecule has 1 aromatic heterocycles. The Morgan fingerprint density at radius 2 is 1.96 bits per heavy atom. The minimum Gasteiger partial charge on any atom is -0.430 e. The van der Waals surface area contributed by atoms with Gasteiger partial charge in [-0.1, -0.05) is 29.8 Å². The summed E-state index contributed by atoms with van der Waals surface area (Å²) in [6.45, 7) is 3.19. The SMILES string of the molecule is CC(=O)OC1N=C(c2ccccc2Cl)c2c(cn(C)c2C)N(C)C1=O. The summed E-state index contributed by atoms with van der Waals surface area (Å²) in [7, 11) is 3.54. The summed E-state index contributed by atoms with van der Waals surface area (Å²) in [5.74, 6) is -0.984. The van der Waals surface area contributed by atoms with Crippen molar-refractivity contribution in [2.45, 2.75) is 20.1 Å². The number of rotatable bonds is 2. The van der Waals surface area contributed by atoms with Gasteiger partial charge >= 0.3 is 5.97 Å². The Hall–Kier alpha value is -2.60. The maximum Gasteiger partial charge on any atom is 0.305 e. The van der Waals surface area contributed by atoms with Crippen molar-refractivity contribution in [2.24, 2.45) is 12.0 Å². The first-order valence-electron chi connectivity index (χ1n) is 7.75. The van der Waals surface area contributed by atoms with Gasteiger partial charge in [0.2, 0.25) is 0 Å². The number of anilines is 1. The Balaban J connectivity index is 2.30. The molecule has 0 saturated carbocycles. The summed E-state index contributed by atoms with van der Waals surface area (Å²) >= 11 is 6.37. The Morgan fingerprint density at radius 3 is 2.60 bits per heavy atom. The molecule has 1 unspecified atom stereocenters. The fraction of sp³-hybridized carbons (Fsp3) is 0.278. The normalized spacial score (nSPS) is 17.0. The third-order valence-electron chi connectivity index (χ3n) is 4.26.